The number of hydrogen-bond acceptors (Lipinski definition) is 2. The fraction of sp³-hybridized carbons (Fsp3) is 0.375. The van der Waals surface area contributed by atoms with Crippen LogP contribution in [0.2, 0.25) is 0 Å². The van der Waals surface area contributed by atoms with Crippen LogP contribution < -0.4 is 5.32 Å². The van der Waals surface area contributed by atoms with E-state index < -0.39 is 6.04 Å². The molecule has 0 spiro atoms. The first-order chi connectivity index (χ1) is 9.61. The summed E-state index contributed by atoms with van der Waals surface area (Å²) in [4.78, 5) is 26.2. The zero-order valence-electron chi connectivity index (χ0n) is 11.7. The molecule has 2 unspecified atom stereocenters. The lowest BCUT2D eigenvalue weighted by Gasteiger charge is -2.27. The van der Waals surface area contributed by atoms with E-state index in [9.17, 15) is 9.59 Å². The van der Waals surface area contributed by atoms with Gasteiger partial charge in [-0.15, -0.1) is 6.58 Å². The molecule has 0 saturated carbocycles. The van der Waals surface area contributed by atoms with Crippen molar-refractivity contribution >= 4 is 11.8 Å². The summed E-state index contributed by atoms with van der Waals surface area (Å²) in [6, 6.07) is 9.14. The van der Waals surface area contributed by atoms with Gasteiger partial charge in [0.2, 0.25) is 11.8 Å². The number of hydrogen-bond donors (Lipinski definition) is 1. The van der Waals surface area contributed by atoms with Crippen molar-refractivity contribution in [3.05, 3.63) is 48.6 Å². The standard InChI is InChI=1S/C16H20N2O2/c1-3-9-18-12(2)10-15(19)17-14(16(18)20)11-13-7-5-4-6-8-13/h3-8,12,14H,1,9-11H2,2H3,(H,17,19). The van der Waals surface area contributed by atoms with E-state index >= 15 is 0 Å². The van der Waals surface area contributed by atoms with Crippen molar-refractivity contribution in [2.24, 2.45) is 0 Å². The summed E-state index contributed by atoms with van der Waals surface area (Å²) in [7, 11) is 0. The van der Waals surface area contributed by atoms with Gasteiger partial charge in [0, 0.05) is 25.4 Å². The Morgan fingerprint density at radius 3 is 2.70 bits per heavy atom. The third kappa shape index (κ3) is 3.26. The summed E-state index contributed by atoms with van der Waals surface area (Å²) < 4.78 is 0. The molecule has 2 amide bonds. The summed E-state index contributed by atoms with van der Waals surface area (Å²) in [5.74, 6) is -0.106. The van der Waals surface area contributed by atoms with Gasteiger partial charge in [-0.05, 0) is 12.5 Å². The van der Waals surface area contributed by atoms with Gasteiger partial charge in [-0.1, -0.05) is 36.4 Å². The second kappa shape index (κ2) is 6.37. The van der Waals surface area contributed by atoms with E-state index in [4.69, 9.17) is 0 Å². The van der Waals surface area contributed by atoms with Gasteiger partial charge in [0.05, 0.1) is 0 Å². The van der Waals surface area contributed by atoms with Crippen molar-refractivity contribution in [3.63, 3.8) is 0 Å². The minimum atomic E-state index is -0.491. The Balaban J connectivity index is 2.19. The highest BCUT2D eigenvalue weighted by Gasteiger charge is 2.33. The molecule has 1 N–H and O–H groups in total. The number of carbonyl (C=O) groups excluding carboxylic acids is 2. The molecular formula is C16H20N2O2. The Morgan fingerprint density at radius 2 is 2.05 bits per heavy atom. The summed E-state index contributed by atoms with van der Waals surface area (Å²) in [6.07, 6.45) is 2.56. The second-order valence-corrected chi connectivity index (χ2v) is 5.14. The largest absolute Gasteiger partial charge is 0.344 e. The number of rotatable bonds is 4. The molecule has 4 heteroatoms. The van der Waals surface area contributed by atoms with Gasteiger partial charge in [0.25, 0.3) is 0 Å². The van der Waals surface area contributed by atoms with Crippen LogP contribution in [0.15, 0.2) is 43.0 Å². The average molecular weight is 272 g/mol. The minimum Gasteiger partial charge on any atom is -0.344 e. The maximum Gasteiger partial charge on any atom is 0.246 e. The Hall–Kier alpha value is -2.10. The van der Waals surface area contributed by atoms with Crippen LogP contribution in [0.4, 0.5) is 0 Å². The van der Waals surface area contributed by atoms with Crippen molar-refractivity contribution in [2.45, 2.75) is 31.8 Å². The highest BCUT2D eigenvalue weighted by molar-refractivity contribution is 5.90. The molecule has 20 heavy (non-hydrogen) atoms. The van der Waals surface area contributed by atoms with Crippen LogP contribution in [0.5, 0.6) is 0 Å². The highest BCUT2D eigenvalue weighted by Crippen LogP contribution is 2.14. The quantitative estimate of drug-likeness (QED) is 0.845. The van der Waals surface area contributed by atoms with Crippen LogP contribution in [0.3, 0.4) is 0 Å². The molecule has 2 atom stereocenters. The number of nitrogens with zero attached hydrogens (tertiary/aromatic N) is 1. The first-order valence-electron chi connectivity index (χ1n) is 6.86. The van der Waals surface area contributed by atoms with Gasteiger partial charge in [0.15, 0.2) is 0 Å². The van der Waals surface area contributed by atoms with Crippen LogP contribution in [0, 0.1) is 0 Å². The SMILES string of the molecule is C=CCN1C(=O)C(Cc2ccccc2)NC(=O)CC1C. The third-order valence-corrected chi connectivity index (χ3v) is 3.54. The van der Waals surface area contributed by atoms with E-state index in [1.54, 1.807) is 11.0 Å². The van der Waals surface area contributed by atoms with E-state index in [1.807, 2.05) is 37.3 Å². The Morgan fingerprint density at radius 1 is 1.35 bits per heavy atom. The Bertz CT molecular complexity index is 498. The van der Waals surface area contributed by atoms with Crippen molar-refractivity contribution in [3.8, 4) is 0 Å². The van der Waals surface area contributed by atoms with Gasteiger partial charge in [-0.3, -0.25) is 9.59 Å². The topological polar surface area (TPSA) is 49.4 Å². The number of nitrogens with one attached hydrogen (secondary N) is 1. The van der Waals surface area contributed by atoms with Crippen LogP contribution in [0.25, 0.3) is 0 Å². The van der Waals surface area contributed by atoms with E-state index in [0.717, 1.165) is 5.56 Å². The third-order valence-electron chi connectivity index (χ3n) is 3.54. The molecule has 1 aromatic carbocycles. The minimum absolute atomic E-state index is 0.0351. The Labute approximate surface area is 119 Å². The monoisotopic (exact) mass is 272 g/mol. The number of carbonyl (C=O) groups is 2. The van der Waals surface area contributed by atoms with Crippen molar-refractivity contribution < 1.29 is 9.59 Å². The molecule has 1 fully saturated rings. The Kier molecular flexibility index (Phi) is 4.56. The molecule has 1 aliphatic heterocycles. The molecule has 1 saturated heterocycles. The zero-order valence-corrected chi connectivity index (χ0v) is 11.7. The van der Waals surface area contributed by atoms with E-state index in [0.29, 0.717) is 19.4 Å². The fourth-order valence-electron chi connectivity index (χ4n) is 2.51. The van der Waals surface area contributed by atoms with Crippen molar-refractivity contribution in [1.82, 2.24) is 10.2 Å². The molecular weight excluding hydrogens is 252 g/mol. The molecule has 0 bridgehead atoms. The summed E-state index contributed by atoms with van der Waals surface area (Å²) >= 11 is 0. The highest BCUT2D eigenvalue weighted by atomic mass is 16.2. The van der Waals surface area contributed by atoms with Gasteiger partial charge in [0.1, 0.15) is 6.04 Å². The predicted octanol–water partition coefficient (Wildman–Crippen LogP) is 1.52. The fourth-order valence-corrected chi connectivity index (χ4v) is 2.51. The maximum absolute atomic E-state index is 12.6. The molecule has 1 heterocycles. The lowest BCUT2D eigenvalue weighted by Crippen LogP contribution is -2.47. The molecule has 0 aliphatic carbocycles. The second-order valence-electron chi connectivity index (χ2n) is 5.14. The average Bonchev–Trinajstić information content (AvgIpc) is 2.52. The summed E-state index contributed by atoms with van der Waals surface area (Å²) in [6.45, 7) is 6.05. The van der Waals surface area contributed by atoms with Crippen LogP contribution in [-0.2, 0) is 16.0 Å². The molecule has 106 valence electrons. The van der Waals surface area contributed by atoms with Crippen LogP contribution in [-0.4, -0.2) is 35.3 Å². The van der Waals surface area contributed by atoms with E-state index in [1.165, 1.54) is 0 Å². The van der Waals surface area contributed by atoms with Gasteiger partial charge >= 0.3 is 0 Å². The van der Waals surface area contributed by atoms with Gasteiger partial charge in [-0.25, -0.2) is 0 Å². The molecule has 0 radical (unpaired) electrons. The van der Waals surface area contributed by atoms with Crippen LogP contribution in [0.1, 0.15) is 18.9 Å². The van der Waals surface area contributed by atoms with Gasteiger partial charge < -0.3 is 10.2 Å². The molecule has 1 aromatic rings. The summed E-state index contributed by atoms with van der Waals surface area (Å²) in [5.41, 5.74) is 1.04. The zero-order chi connectivity index (χ0) is 14.5. The first-order valence-corrected chi connectivity index (χ1v) is 6.86. The van der Waals surface area contributed by atoms with Crippen molar-refractivity contribution in [2.75, 3.05) is 6.54 Å². The molecule has 2 rings (SSSR count). The maximum atomic E-state index is 12.6. The van der Waals surface area contributed by atoms with Crippen LogP contribution >= 0.6 is 0 Å². The lowest BCUT2D eigenvalue weighted by molar-refractivity contribution is -0.134. The molecule has 4 nitrogen and oxygen atoms in total. The molecule has 0 aromatic heterocycles. The van der Waals surface area contributed by atoms with Gasteiger partial charge in [-0.2, -0.15) is 0 Å². The van der Waals surface area contributed by atoms with E-state index in [-0.39, 0.29) is 17.9 Å². The summed E-state index contributed by atoms with van der Waals surface area (Å²) in [5, 5.41) is 2.83. The van der Waals surface area contributed by atoms with E-state index in [2.05, 4.69) is 11.9 Å². The first kappa shape index (κ1) is 14.3. The number of benzene rings is 1. The molecule has 1 aliphatic rings. The van der Waals surface area contributed by atoms with Crippen molar-refractivity contribution in [1.29, 1.82) is 0 Å². The normalized spacial score (nSPS) is 23.1. The predicted molar refractivity (Wildman–Crippen MR) is 78.1 cm³/mol. The number of amides is 2. The smallest absolute Gasteiger partial charge is 0.246 e. The lowest BCUT2D eigenvalue weighted by atomic mass is 10.0.